The van der Waals surface area contributed by atoms with Crippen molar-refractivity contribution < 1.29 is 31.8 Å². The molecule has 1 saturated heterocycles. The molecule has 1 heterocycles. The first-order valence-electron chi connectivity index (χ1n) is 14.1. The quantitative estimate of drug-likeness (QED) is 0.192. The van der Waals surface area contributed by atoms with Crippen molar-refractivity contribution in [3.05, 3.63) is 70.8 Å². The van der Waals surface area contributed by atoms with Gasteiger partial charge in [0.2, 0.25) is 10.0 Å². The maximum atomic E-state index is 15.5. The van der Waals surface area contributed by atoms with E-state index in [1.54, 1.807) is 31.2 Å². The van der Waals surface area contributed by atoms with Crippen LogP contribution in [0.1, 0.15) is 61.5 Å². The fourth-order valence-corrected chi connectivity index (χ4v) is 9.07. The molecular formula is C30H43F2NO5SSi. The summed E-state index contributed by atoms with van der Waals surface area (Å²) in [7, 11) is -5.00. The Morgan fingerprint density at radius 3 is 2.38 bits per heavy atom. The van der Waals surface area contributed by atoms with Crippen LogP contribution in [0.15, 0.2) is 42.5 Å². The molecule has 0 spiro atoms. The van der Waals surface area contributed by atoms with E-state index in [0.29, 0.717) is 37.9 Å². The summed E-state index contributed by atoms with van der Waals surface area (Å²) in [6, 6.07) is 11.9. The standard InChI is InChI=1S/C30H43F2NO5SSi/c1-22-11-12-28(23-9-7-6-8-10-23)39(35,36)33(22)17-24-15-27(32)25(16-26(24)31)30(20-34)18-29(2,19-30)38-21-37-13-14-40(3,4)5/h6-10,15-16,22,28,34H,11-14,17-21H2,1-5H3/t22-,28+,29?,30?/m0/s1. The SMILES string of the molecule is C[C@H]1CC[C@H](c2ccccc2)S(=O)(=O)N1Cc1cc(F)c(C2(CO)CC(C)(OCOCC[Si](C)(C)C)C2)cc1F. The Hall–Kier alpha value is -1.69. The van der Waals surface area contributed by atoms with Crippen LogP contribution in [0.25, 0.3) is 0 Å². The van der Waals surface area contributed by atoms with Crippen LogP contribution in [0, 0.1) is 11.6 Å². The van der Waals surface area contributed by atoms with Crippen LogP contribution < -0.4 is 0 Å². The molecule has 0 amide bonds. The van der Waals surface area contributed by atoms with Crippen LogP contribution in [0.2, 0.25) is 25.7 Å². The fourth-order valence-electron chi connectivity index (χ4n) is 6.13. The lowest BCUT2D eigenvalue weighted by Gasteiger charge is -2.53. The minimum atomic E-state index is -3.79. The number of ether oxygens (including phenoxy) is 2. The third-order valence-corrected chi connectivity index (χ3v) is 12.5. The van der Waals surface area contributed by atoms with Crippen LogP contribution in [0.5, 0.6) is 0 Å². The first-order valence-corrected chi connectivity index (χ1v) is 19.3. The second kappa shape index (κ2) is 11.9. The summed E-state index contributed by atoms with van der Waals surface area (Å²) in [4.78, 5) is 0. The predicted octanol–water partition coefficient (Wildman–Crippen LogP) is 6.13. The molecule has 2 aromatic carbocycles. The van der Waals surface area contributed by atoms with Crippen LogP contribution in [-0.4, -0.2) is 57.6 Å². The molecule has 1 saturated carbocycles. The highest BCUT2D eigenvalue weighted by Gasteiger charge is 2.55. The van der Waals surface area contributed by atoms with Crippen molar-refractivity contribution in [1.82, 2.24) is 4.31 Å². The number of hydrogen-bond acceptors (Lipinski definition) is 5. The van der Waals surface area contributed by atoms with Crippen molar-refractivity contribution in [2.24, 2.45) is 0 Å². The van der Waals surface area contributed by atoms with Crippen LogP contribution in [-0.2, 0) is 31.5 Å². The minimum Gasteiger partial charge on any atom is -0.395 e. The van der Waals surface area contributed by atoms with Gasteiger partial charge in [-0.2, -0.15) is 4.31 Å². The van der Waals surface area contributed by atoms with Crippen LogP contribution in [0.3, 0.4) is 0 Å². The molecule has 0 aromatic heterocycles. The van der Waals surface area contributed by atoms with Gasteiger partial charge in [-0.3, -0.25) is 0 Å². The van der Waals surface area contributed by atoms with Crippen molar-refractivity contribution in [1.29, 1.82) is 0 Å². The number of nitrogens with zero attached hydrogens (tertiary/aromatic N) is 1. The molecular weight excluding hydrogens is 552 g/mol. The van der Waals surface area contributed by atoms with Crippen molar-refractivity contribution in [2.75, 3.05) is 20.0 Å². The summed E-state index contributed by atoms with van der Waals surface area (Å²) in [6.07, 6.45) is 1.73. The average molecular weight is 596 g/mol. The second-order valence-corrected chi connectivity index (χ2v) is 20.8. The van der Waals surface area contributed by atoms with Crippen molar-refractivity contribution in [3.63, 3.8) is 0 Å². The maximum Gasteiger partial charge on any atom is 0.221 e. The molecule has 0 radical (unpaired) electrons. The summed E-state index contributed by atoms with van der Waals surface area (Å²) >= 11 is 0. The Balaban J connectivity index is 1.47. The molecule has 2 aliphatic rings. The monoisotopic (exact) mass is 595 g/mol. The van der Waals surface area contributed by atoms with Gasteiger partial charge < -0.3 is 14.6 Å². The zero-order valence-corrected chi connectivity index (χ0v) is 26.1. The third-order valence-electron chi connectivity index (χ3n) is 8.44. The highest BCUT2D eigenvalue weighted by Crippen LogP contribution is 2.53. The molecule has 2 fully saturated rings. The zero-order chi connectivity index (χ0) is 29.3. The van der Waals surface area contributed by atoms with Crippen molar-refractivity contribution in [2.45, 2.75) is 94.1 Å². The molecule has 40 heavy (non-hydrogen) atoms. The van der Waals surface area contributed by atoms with E-state index >= 15 is 8.78 Å². The number of aliphatic hydroxyl groups excluding tert-OH is 1. The number of benzene rings is 2. The van der Waals surface area contributed by atoms with Gasteiger partial charge in [-0.15, -0.1) is 0 Å². The second-order valence-electron chi connectivity index (χ2n) is 13.1. The number of hydrogen-bond donors (Lipinski definition) is 1. The van der Waals surface area contributed by atoms with Gasteiger partial charge in [0, 0.05) is 38.2 Å². The Bertz CT molecular complexity index is 1280. The molecule has 0 bridgehead atoms. The largest absolute Gasteiger partial charge is 0.395 e. The Morgan fingerprint density at radius 1 is 1.07 bits per heavy atom. The molecule has 222 valence electrons. The highest BCUT2D eigenvalue weighted by atomic mass is 32.2. The van der Waals surface area contributed by atoms with Gasteiger partial charge in [0.25, 0.3) is 0 Å². The van der Waals surface area contributed by atoms with Gasteiger partial charge in [-0.1, -0.05) is 50.0 Å². The summed E-state index contributed by atoms with van der Waals surface area (Å²) in [6.45, 7) is 10.6. The number of rotatable bonds is 11. The number of sulfonamides is 1. The van der Waals surface area contributed by atoms with E-state index in [9.17, 15) is 13.5 Å². The van der Waals surface area contributed by atoms with Crippen molar-refractivity contribution >= 4 is 18.1 Å². The summed E-state index contributed by atoms with van der Waals surface area (Å²) < 4.78 is 71.0. The Labute approximate surface area is 238 Å². The van der Waals surface area contributed by atoms with Crippen LogP contribution in [0.4, 0.5) is 8.78 Å². The normalized spacial score (nSPS) is 28.8. The molecule has 2 atom stereocenters. The van der Waals surface area contributed by atoms with Gasteiger partial charge in [-0.05, 0) is 68.8 Å². The molecule has 4 rings (SSSR count). The molecule has 10 heteroatoms. The summed E-state index contributed by atoms with van der Waals surface area (Å²) in [5.41, 5.74) is -0.823. The molecule has 1 aliphatic carbocycles. The first kappa shape index (κ1) is 31.2. The topological polar surface area (TPSA) is 76.1 Å². The van der Waals surface area contributed by atoms with E-state index in [1.807, 2.05) is 13.0 Å². The van der Waals surface area contributed by atoms with E-state index in [-0.39, 0.29) is 37.1 Å². The molecule has 0 unspecified atom stereocenters. The smallest absolute Gasteiger partial charge is 0.221 e. The lowest BCUT2D eigenvalue weighted by molar-refractivity contribution is -0.194. The minimum absolute atomic E-state index is 0.0207. The van der Waals surface area contributed by atoms with Gasteiger partial charge in [0.15, 0.2) is 0 Å². The third kappa shape index (κ3) is 6.68. The van der Waals surface area contributed by atoms with E-state index in [4.69, 9.17) is 9.47 Å². The lowest BCUT2D eigenvalue weighted by atomic mass is 9.57. The van der Waals surface area contributed by atoms with Crippen LogP contribution >= 0.6 is 0 Å². The Kier molecular flexibility index (Phi) is 9.29. The molecule has 1 aliphatic heterocycles. The fraction of sp³-hybridized carbons (Fsp3) is 0.600. The van der Waals surface area contributed by atoms with Gasteiger partial charge in [0.1, 0.15) is 23.7 Å². The van der Waals surface area contributed by atoms with Gasteiger partial charge in [0.05, 0.1) is 12.2 Å². The first-order chi connectivity index (χ1) is 18.7. The molecule has 1 N–H and O–H groups in total. The maximum absolute atomic E-state index is 15.5. The lowest BCUT2D eigenvalue weighted by Crippen LogP contribution is -2.57. The predicted molar refractivity (Wildman–Crippen MR) is 155 cm³/mol. The highest BCUT2D eigenvalue weighted by molar-refractivity contribution is 7.89. The van der Waals surface area contributed by atoms with E-state index < -0.39 is 46.0 Å². The van der Waals surface area contributed by atoms with E-state index in [0.717, 1.165) is 18.2 Å². The number of aliphatic hydroxyl groups is 1. The van der Waals surface area contributed by atoms with Gasteiger partial charge in [-0.25, -0.2) is 17.2 Å². The van der Waals surface area contributed by atoms with Crippen molar-refractivity contribution in [3.8, 4) is 0 Å². The van der Waals surface area contributed by atoms with E-state index in [2.05, 4.69) is 19.6 Å². The average Bonchev–Trinajstić information content (AvgIpc) is 2.86. The van der Waals surface area contributed by atoms with Gasteiger partial charge >= 0.3 is 0 Å². The Morgan fingerprint density at radius 2 is 1.75 bits per heavy atom. The number of halogens is 2. The zero-order valence-electron chi connectivity index (χ0n) is 24.3. The summed E-state index contributed by atoms with van der Waals surface area (Å²) in [5.74, 6) is -1.33. The summed E-state index contributed by atoms with van der Waals surface area (Å²) in [5, 5.41) is 9.53. The molecule has 2 aromatic rings. The van der Waals surface area contributed by atoms with E-state index in [1.165, 1.54) is 4.31 Å². The molecule has 6 nitrogen and oxygen atoms in total.